The first kappa shape index (κ1) is 15.6. The lowest BCUT2D eigenvalue weighted by molar-refractivity contribution is -0.115. The van der Waals surface area contributed by atoms with Gasteiger partial charge in [-0.1, -0.05) is 36.9 Å². The van der Waals surface area contributed by atoms with E-state index in [1.807, 2.05) is 29.2 Å². The quantitative estimate of drug-likeness (QED) is 0.823. The molecule has 3 rings (SSSR count). The number of carbonyl (C=O) groups excluding carboxylic acids is 1. The molecule has 0 spiro atoms. The molecule has 0 saturated carbocycles. The van der Waals surface area contributed by atoms with Crippen molar-refractivity contribution in [1.29, 1.82) is 0 Å². The first-order valence-corrected chi connectivity index (χ1v) is 9.95. The molecule has 0 aromatic heterocycles. The van der Waals surface area contributed by atoms with Crippen LogP contribution < -0.4 is 4.90 Å². The minimum absolute atomic E-state index is 0.0481. The zero-order valence-corrected chi connectivity index (χ0v) is 14.2. The second-order valence-corrected chi connectivity index (χ2v) is 8.93. The average molecular weight is 338 g/mol. The van der Waals surface area contributed by atoms with Crippen LogP contribution in [0, 0.1) is 0 Å². The Labute approximate surface area is 134 Å². The van der Waals surface area contributed by atoms with Crippen LogP contribution >= 0.6 is 11.8 Å². The van der Waals surface area contributed by atoms with E-state index in [9.17, 15) is 13.2 Å². The second-order valence-electron chi connectivity index (χ2n) is 5.57. The number of anilines is 1. The van der Waals surface area contributed by atoms with Crippen molar-refractivity contribution in [2.24, 2.45) is 4.99 Å². The third-order valence-electron chi connectivity index (χ3n) is 3.95. The number of amidine groups is 1. The van der Waals surface area contributed by atoms with Gasteiger partial charge < -0.3 is 4.90 Å². The summed E-state index contributed by atoms with van der Waals surface area (Å²) in [6, 6.07) is 7.77. The van der Waals surface area contributed by atoms with Crippen LogP contribution in [-0.2, 0) is 21.1 Å². The normalized spacial score (nSPS) is 28.1. The highest BCUT2D eigenvalue weighted by molar-refractivity contribution is 8.16. The topological polar surface area (TPSA) is 66.8 Å². The van der Waals surface area contributed by atoms with Gasteiger partial charge in [0.1, 0.15) is 0 Å². The third-order valence-corrected chi connectivity index (χ3v) is 7.16. The number of nitrogens with zero attached hydrogens (tertiary/aromatic N) is 2. The molecule has 0 N–H and O–H groups in total. The predicted octanol–water partition coefficient (Wildman–Crippen LogP) is 1.87. The Hall–Kier alpha value is -1.34. The van der Waals surface area contributed by atoms with Gasteiger partial charge in [-0.15, -0.1) is 0 Å². The van der Waals surface area contributed by atoms with E-state index in [-0.39, 0.29) is 28.7 Å². The highest BCUT2D eigenvalue weighted by Crippen LogP contribution is 2.42. The number of rotatable bonds is 2. The van der Waals surface area contributed by atoms with Gasteiger partial charge >= 0.3 is 0 Å². The second kappa shape index (κ2) is 5.70. The van der Waals surface area contributed by atoms with Gasteiger partial charge in [0.15, 0.2) is 15.0 Å². The molecular formula is C15H18N2O3S2. The van der Waals surface area contributed by atoms with Gasteiger partial charge in [0.05, 0.1) is 17.5 Å². The van der Waals surface area contributed by atoms with Gasteiger partial charge in [-0.2, -0.15) is 4.99 Å². The number of thioether (sulfide) groups is 1. The molecule has 0 radical (unpaired) electrons. The van der Waals surface area contributed by atoms with Crippen LogP contribution in [0.15, 0.2) is 29.3 Å². The van der Waals surface area contributed by atoms with E-state index in [1.54, 1.807) is 0 Å². The third kappa shape index (κ3) is 2.79. The van der Waals surface area contributed by atoms with Gasteiger partial charge in [0.25, 0.3) is 0 Å². The summed E-state index contributed by atoms with van der Waals surface area (Å²) in [7, 11) is -3.02. The fourth-order valence-corrected chi connectivity index (χ4v) is 6.98. The van der Waals surface area contributed by atoms with Crippen molar-refractivity contribution in [3.8, 4) is 0 Å². The SMILES string of the molecule is CCc1ccccc1N1C(=NC(C)=O)SC2CS(=O)(=O)CC21. The lowest BCUT2D eigenvalue weighted by Gasteiger charge is -2.26. The molecule has 1 aromatic rings. The van der Waals surface area contributed by atoms with E-state index in [1.165, 1.54) is 18.7 Å². The Kier molecular flexibility index (Phi) is 4.03. The van der Waals surface area contributed by atoms with Crippen molar-refractivity contribution in [3.63, 3.8) is 0 Å². The molecule has 1 amide bonds. The van der Waals surface area contributed by atoms with Gasteiger partial charge in [-0.3, -0.25) is 4.79 Å². The lowest BCUT2D eigenvalue weighted by atomic mass is 10.1. The van der Waals surface area contributed by atoms with Crippen molar-refractivity contribution in [2.75, 3.05) is 16.4 Å². The van der Waals surface area contributed by atoms with Crippen LogP contribution in [0.4, 0.5) is 5.69 Å². The highest BCUT2D eigenvalue weighted by atomic mass is 32.2. The van der Waals surface area contributed by atoms with E-state index < -0.39 is 9.84 Å². The molecule has 2 unspecified atom stereocenters. The van der Waals surface area contributed by atoms with Gasteiger partial charge in [-0.25, -0.2) is 8.42 Å². The van der Waals surface area contributed by atoms with Crippen LogP contribution in [0.5, 0.6) is 0 Å². The Morgan fingerprint density at radius 2 is 2.09 bits per heavy atom. The molecule has 22 heavy (non-hydrogen) atoms. The van der Waals surface area contributed by atoms with Crippen molar-refractivity contribution in [3.05, 3.63) is 29.8 Å². The number of para-hydroxylation sites is 1. The molecule has 2 fully saturated rings. The van der Waals surface area contributed by atoms with Crippen LogP contribution in [0.3, 0.4) is 0 Å². The fourth-order valence-electron chi connectivity index (χ4n) is 3.03. The molecule has 5 nitrogen and oxygen atoms in total. The fraction of sp³-hybridized carbons (Fsp3) is 0.467. The molecule has 2 aliphatic rings. The van der Waals surface area contributed by atoms with Crippen molar-refractivity contribution in [1.82, 2.24) is 0 Å². The zero-order chi connectivity index (χ0) is 15.9. The van der Waals surface area contributed by atoms with Gasteiger partial charge in [0, 0.05) is 17.9 Å². The average Bonchev–Trinajstić information content (AvgIpc) is 2.89. The van der Waals surface area contributed by atoms with E-state index in [0.717, 1.165) is 17.7 Å². The van der Waals surface area contributed by atoms with Crippen LogP contribution in [0.1, 0.15) is 19.4 Å². The summed E-state index contributed by atoms with van der Waals surface area (Å²) in [5.74, 6) is 0.0215. The summed E-state index contributed by atoms with van der Waals surface area (Å²) in [5.41, 5.74) is 2.09. The van der Waals surface area contributed by atoms with Crippen LogP contribution in [-0.4, -0.2) is 42.3 Å². The highest BCUT2D eigenvalue weighted by Gasteiger charge is 2.49. The summed E-state index contributed by atoms with van der Waals surface area (Å²) in [6.07, 6.45) is 0.842. The number of hydrogen-bond donors (Lipinski definition) is 0. The smallest absolute Gasteiger partial charge is 0.244 e. The summed E-state index contributed by atoms with van der Waals surface area (Å²) >= 11 is 1.41. The summed E-state index contributed by atoms with van der Waals surface area (Å²) in [4.78, 5) is 17.5. The molecule has 0 aliphatic carbocycles. The largest absolute Gasteiger partial charge is 0.315 e. The molecular weight excluding hydrogens is 320 g/mol. The predicted molar refractivity (Wildman–Crippen MR) is 90.2 cm³/mol. The Bertz CT molecular complexity index is 743. The monoisotopic (exact) mass is 338 g/mol. The van der Waals surface area contributed by atoms with E-state index in [0.29, 0.717) is 5.17 Å². The van der Waals surface area contributed by atoms with Crippen LogP contribution in [0.2, 0.25) is 0 Å². The lowest BCUT2D eigenvalue weighted by Crippen LogP contribution is -2.38. The van der Waals surface area contributed by atoms with E-state index >= 15 is 0 Å². The number of fused-ring (bicyclic) bond motifs is 1. The number of amides is 1. The summed E-state index contributed by atoms with van der Waals surface area (Å²) < 4.78 is 23.9. The number of sulfone groups is 1. The Morgan fingerprint density at radius 1 is 1.36 bits per heavy atom. The molecule has 7 heteroatoms. The maximum atomic E-state index is 12.0. The van der Waals surface area contributed by atoms with Crippen molar-refractivity contribution >= 4 is 38.4 Å². The molecule has 2 aliphatic heterocycles. The molecule has 2 saturated heterocycles. The Morgan fingerprint density at radius 3 is 2.77 bits per heavy atom. The standard InChI is InChI=1S/C15H18N2O3S2/c1-3-11-6-4-5-7-12(11)17-13-8-22(19,20)9-14(13)21-15(17)16-10(2)18/h4-7,13-14H,3,8-9H2,1-2H3. The first-order chi connectivity index (χ1) is 10.4. The van der Waals surface area contributed by atoms with Gasteiger partial charge in [-0.05, 0) is 18.1 Å². The maximum absolute atomic E-state index is 12.0. The molecule has 118 valence electrons. The van der Waals surface area contributed by atoms with Crippen molar-refractivity contribution < 1.29 is 13.2 Å². The summed E-state index contributed by atoms with van der Waals surface area (Å²) in [5, 5.41) is 0.575. The minimum atomic E-state index is -3.02. The first-order valence-electron chi connectivity index (χ1n) is 7.25. The van der Waals surface area contributed by atoms with Crippen LogP contribution in [0.25, 0.3) is 0 Å². The number of aryl methyl sites for hydroxylation is 1. The number of aliphatic imine (C=N–C) groups is 1. The molecule has 2 heterocycles. The van der Waals surface area contributed by atoms with E-state index in [4.69, 9.17) is 0 Å². The number of benzene rings is 1. The molecule has 2 atom stereocenters. The number of carbonyl (C=O) groups is 1. The minimum Gasteiger partial charge on any atom is -0.315 e. The zero-order valence-electron chi connectivity index (χ0n) is 12.5. The van der Waals surface area contributed by atoms with E-state index in [2.05, 4.69) is 11.9 Å². The molecule has 0 bridgehead atoms. The van der Waals surface area contributed by atoms with Crippen molar-refractivity contribution in [2.45, 2.75) is 31.6 Å². The Balaban J connectivity index is 2.08. The number of hydrogen-bond acceptors (Lipinski definition) is 4. The summed E-state index contributed by atoms with van der Waals surface area (Å²) in [6.45, 7) is 3.48. The molecule has 1 aromatic carbocycles. The maximum Gasteiger partial charge on any atom is 0.244 e. The van der Waals surface area contributed by atoms with Gasteiger partial charge in [0.2, 0.25) is 5.91 Å².